The molecule has 2 N–H and O–H groups in total. The van der Waals surface area contributed by atoms with Gasteiger partial charge in [0, 0.05) is 24.7 Å². The smallest absolute Gasteiger partial charge is 0.253 e. The summed E-state index contributed by atoms with van der Waals surface area (Å²) in [5.41, 5.74) is 1.39. The number of amides is 1. The third kappa shape index (κ3) is 3.51. The van der Waals surface area contributed by atoms with E-state index < -0.39 is 0 Å². The third-order valence-corrected chi connectivity index (χ3v) is 3.97. The zero-order valence-electron chi connectivity index (χ0n) is 12.4. The number of nitrogens with one attached hydrogen (secondary N) is 1. The van der Waals surface area contributed by atoms with Crippen molar-refractivity contribution in [1.29, 1.82) is 0 Å². The molecule has 1 atom stereocenters. The van der Waals surface area contributed by atoms with E-state index in [9.17, 15) is 9.90 Å². The molecule has 20 heavy (non-hydrogen) atoms. The van der Waals surface area contributed by atoms with Crippen LogP contribution in [0.3, 0.4) is 0 Å². The topological polar surface area (TPSA) is 52.6 Å². The summed E-state index contributed by atoms with van der Waals surface area (Å²) in [6, 6.07) is 5.46. The van der Waals surface area contributed by atoms with Gasteiger partial charge in [0.25, 0.3) is 5.91 Å². The van der Waals surface area contributed by atoms with Gasteiger partial charge in [-0.2, -0.15) is 0 Å². The van der Waals surface area contributed by atoms with Crippen LogP contribution in [-0.2, 0) is 0 Å². The van der Waals surface area contributed by atoms with Crippen molar-refractivity contribution in [3.8, 4) is 5.75 Å². The molecule has 4 nitrogen and oxygen atoms in total. The largest absolute Gasteiger partial charge is 0.508 e. The number of nitrogens with zero attached hydrogens (tertiary/aromatic N) is 1. The number of aryl methyl sites for hydroxylation is 1. The van der Waals surface area contributed by atoms with E-state index in [-0.39, 0.29) is 11.7 Å². The molecule has 1 aromatic rings. The zero-order chi connectivity index (χ0) is 14.5. The second-order valence-corrected chi connectivity index (χ2v) is 5.49. The van der Waals surface area contributed by atoms with Crippen LogP contribution in [0.5, 0.6) is 5.75 Å². The van der Waals surface area contributed by atoms with Crippen molar-refractivity contribution in [2.24, 2.45) is 0 Å². The van der Waals surface area contributed by atoms with Crippen LogP contribution in [0.15, 0.2) is 18.2 Å². The highest BCUT2D eigenvalue weighted by Crippen LogP contribution is 2.18. The van der Waals surface area contributed by atoms with E-state index in [4.69, 9.17) is 0 Å². The average molecular weight is 276 g/mol. The van der Waals surface area contributed by atoms with Gasteiger partial charge in [-0.3, -0.25) is 4.79 Å². The lowest BCUT2D eigenvalue weighted by atomic mass is 10.0. The summed E-state index contributed by atoms with van der Waals surface area (Å²) in [6.07, 6.45) is 3.61. The number of benzene rings is 1. The molecule has 0 saturated carbocycles. The molecule has 1 heterocycles. The number of rotatable bonds is 4. The predicted octanol–water partition coefficient (Wildman–Crippen LogP) is 2.30. The second-order valence-electron chi connectivity index (χ2n) is 5.49. The highest BCUT2D eigenvalue weighted by Gasteiger charge is 2.20. The number of hydrogen-bond acceptors (Lipinski definition) is 3. The molecule has 1 amide bonds. The Bertz CT molecular complexity index is 468. The summed E-state index contributed by atoms with van der Waals surface area (Å²) in [5, 5.41) is 13.0. The van der Waals surface area contributed by atoms with E-state index in [0.717, 1.165) is 25.1 Å². The molecular weight excluding hydrogens is 252 g/mol. The summed E-state index contributed by atoms with van der Waals surface area (Å²) in [4.78, 5) is 14.4. The minimum Gasteiger partial charge on any atom is -0.508 e. The Balaban J connectivity index is 2.05. The average Bonchev–Trinajstić information content (AvgIpc) is 2.48. The van der Waals surface area contributed by atoms with Crippen LogP contribution in [0.25, 0.3) is 0 Å². The van der Waals surface area contributed by atoms with Gasteiger partial charge in [0.05, 0.1) is 0 Å². The number of aromatic hydroxyl groups is 1. The molecule has 0 bridgehead atoms. The fourth-order valence-electron chi connectivity index (χ4n) is 2.67. The summed E-state index contributed by atoms with van der Waals surface area (Å²) >= 11 is 0. The molecule has 0 spiro atoms. The Morgan fingerprint density at radius 1 is 1.45 bits per heavy atom. The summed E-state index contributed by atoms with van der Waals surface area (Å²) < 4.78 is 0. The maximum atomic E-state index is 12.5. The maximum Gasteiger partial charge on any atom is 0.253 e. The standard InChI is InChI=1S/C16H24N2O2/c1-3-18(11-14-6-4-5-9-17-14)16(20)13-7-8-15(19)12(2)10-13/h7-8,10,14,17,19H,3-6,9,11H2,1-2H3. The van der Waals surface area contributed by atoms with Crippen LogP contribution >= 0.6 is 0 Å². The number of carbonyl (C=O) groups excluding carboxylic acids is 1. The lowest BCUT2D eigenvalue weighted by Crippen LogP contribution is -2.45. The van der Waals surface area contributed by atoms with Crippen LogP contribution < -0.4 is 5.32 Å². The quantitative estimate of drug-likeness (QED) is 0.887. The Labute approximate surface area is 120 Å². The van der Waals surface area contributed by atoms with Gasteiger partial charge in [-0.1, -0.05) is 6.42 Å². The third-order valence-electron chi connectivity index (χ3n) is 3.97. The van der Waals surface area contributed by atoms with E-state index in [1.54, 1.807) is 18.2 Å². The van der Waals surface area contributed by atoms with Crippen LogP contribution in [0.1, 0.15) is 42.1 Å². The molecule has 0 aliphatic carbocycles. The molecule has 4 heteroatoms. The van der Waals surface area contributed by atoms with E-state index >= 15 is 0 Å². The van der Waals surface area contributed by atoms with Crippen molar-refractivity contribution in [3.05, 3.63) is 29.3 Å². The van der Waals surface area contributed by atoms with Crippen molar-refractivity contribution in [1.82, 2.24) is 10.2 Å². The van der Waals surface area contributed by atoms with Crippen molar-refractivity contribution in [2.45, 2.75) is 39.2 Å². The highest BCUT2D eigenvalue weighted by atomic mass is 16.3. The normalized spacial score (nSPS) is 18.8. The summed E-state index contributed by atoms with van der Waals surface area (Å²) in [7, 11) is 0. The van der Waals surface area contributed by atoms with E-state index in [2.05, 4.69) is 5.32 Å². The van der Waals surface area contributed by atoms with E-state index in [1.807, 2.05) is 18.7 Å². The second kappa shape index (κ2) is 6.75. The number of phenols is 1. The number of piperidine rings is 1. The lowest BCUT2D eigenvalue weighted by Gasteiger charge is -2.30. The number of phenolic OH excluding ortho intramolecular Hbond substituents is 1. The van der Waals surface area contributed by atoms with Gasteiger partial charge in [-0.05, 0) is 57.0 Å². The Hall–Kier alpha value is -1.55. The first-order valence-electron chi connectivity index (χ1n) is 7.44. The molecular formula is C16H24N2O2. The van der Waals surface area contributed by atoms with E-state index in [1.165, 1.54) is 12.8 Å². The Morgan fingerprint density at radius 3 is 2.85 bits per heavy atom. The van der Waals surface area contributed by atoms with Crippen molar-refractivity contribution in [2.75, 3.05) is 19.6 Å². The lowest BCUT2D eigenvalue weighted by molar-refractivity contribution is 0.0741. The van der Waals surface area contributed by atoms with Gasteiger partial charge in [-0.15, -0.1) is 0 Å². The first kappa shape index (κ1) is 14.9. The Morgan fingerprint density at radius 2 is 2.25 bits per heavy atom. The summed E-state index contributed by atoms with van der Waals surface area (Å²) in [5.74, 6) is 0.279. The van der Waals surface area contributed by atoms with Gasteiger partial charge in [0.1, 0.15) is 5.75 Å². The molecule has 1 unspecified atom stereocenters. The summed E-state index contributed by atoms with van der Waals surface area (Å²) in [6.45, 7) is 6.33. The molecule has 0 aromatic heterocycles. The van der Waals surface area contributed by atoms with Gasteiger partial charge in [-0.25, -0.2) is 0 Å². The van der Waals surface area contributed by atoms with Crippen LogP contribution in [0, 0.1) is 6.92 Å². The van der Waals surface area contributed by atoms with Crippen LogP contribution in [0.2, 0.25) is 0 Å². The molecule has 110 valence electrons. The first-order chi connectivity index (χ1) is 9.61. The van der Waals surface area contributed by atoms with Crippen molar-refractivity contribution >= 4 is 5.91 Å². The molecule has 1 saturated heterocycles. The minimum atomic E-state index is 0.0444. The monoisotopic (exact) mass is 276 g/mol. The van der Waals surface area contributed by atoms with Gasteiger partial charge in [0.15, 0.2) is 0 Å². The highest BCUT2D eigenvalue weighted by molar-refractivity contribution is 5.94. The fourth-order valence-corrected chi connectivity index (χ4v) is 2.67. The fraction of sp³-hybridized carbons (Fsp3) is 0.562. The van der Waals surface area contributed by atoms with Crippen molar-refractivity contribution in [3.63, 3.8) is 0 Å². The molecule has 2 rings (SSSR count). The van der Waals surface area contributed by atoms with Gasteiger partial charge < -0.3 is 15.3 Å². The Kier molecular flexibility index (Phi) is 5.01. The number of carbonyl (C=O) groups is 1. The molecule has 1 fully saturated rings. The maximum absolute atomic E-state index is 12.5. The predicted molar refractivity (Wildman–Crippen MR) is 80.1 cm³/mol. The minimum absolute atomic E-state index is 0.0444. The van der Waals surface area contributed by atoms with Crippen molar-refractivity contribution < 1.29 is 9.90 Å². The molecule has 1 aliphatic rings. The molecule has 1 aliphatic heterocycles. The number of likely N-dealkylation sites (N-methyl/N-ethyl adjacent to an activating group) is 1. The van der Waals surface area contributed by atoms with E-state index in [0.29, 0.717) is 18.2 Å². The zero-order valence-corrected chi connectivity index (χ0v) is 12.4. The molecule has 0 radical (unpaired) electrons. The number of hydrogen-bond donors (Lipinski definition) is 2. The van der Waals surface area contributed by atoms with Gasteiger partial charge in [0.2, 0.25) is 0 Å². The van der Waals surface area contributed by atoms with Crippen LogP contribution in [-0.4, -0.2) is 41.6 Å². The SMILES string of the molecule is CCN(CC1CCCCN1)C(=O)c1ccc(O)c(C)c1. The van der Waals surface area contributed by atoms with Gasteiger partial charge >= 0.3 is 0 Å². The first-order valence-corrected chi connectivity index (χ1v) is 7.44. The molecule has 1 aromatic carbocycles. The van der Waals surface area contributed by atoms with Crippen LogP contribution in [0.4, 0.5) is 0 Å².